The van der Waals surface area contributed by atoms with E-state index < -0.39 is 5.97 Å². The minimum Gasteiger partial charge on any atom is -0.480 e. The molecule has 0 saturated carbocycles. The Bertz CT molecular complexity index is 287. The summed E-state index contributed by atoms with van der Waals surface area (Å²) >= 11 is 1.91. The molecule has 0 aromatic heterocycles. The maximum Gasteiger partial charge on any atom is 0.320 e. The standard InChI is InChI=1S/C11H20N2O2S/c1-8-7-11(4-5-13(8)2)12-9(10(14)15)3-6-16-11/h8-9,12H,3-7H2,1-2H3,(H,14,15). The van der Waals surface area contributed by atoms with Gasteiger partial charge in [-0.15, -0.1) is 11.8 Å². The molecule has 0 aliphatic carbocycles. The number of nitrogens with zero attached hydrogens (tertiary/aromatic N) is 1. The number of hydrogen-bond acceptors (Lipinski definition) is 4. The van der Waals surface area contributed by atoms with Gasteiger partial charge in [0, 0.05) is 12.6 Å². The number of thioether (sulfide) groups is 1. The Kier molecular flexibility index (Phi) is 3.47. The highest BCUT2D eigenvalue weighted by Gasteiger charge is 2.42. The SMILES string of the molecule is CC1CC2(CCN1C)NC(C(=O)O)CCS2. The van der Waals surface area contributed by atoms with Crippen LogP contribution in [-0.4, -0.2) is 52.3 Å². The maximum absolute atomic E-state index is 11.0. The lowest BCUT2D eigenvalue weighted by Gasteiger charge is -2.48. The summed E-state index contributed by atoms with van der Waals surface area (Å²) in [6.45, 7) is 3.26. The van der Waals surface area contributed by atoms with Gasteiger partial charge in [-0.2, -0.15) is 0 Å². The molecule has 16 heavy (non-hydrogen) atoms. The van der Waals surface area contributed by atoms with E-state index in [-0.39, 0.29) is 10.9 Å². The molecule has 0 amide bonds. The van der Waals surface area contributed by atoms with Crippen LogP contribution in [0.15, 0.2) is 0 Å². The second-order valence-corrected chi connectivity index (χ2v) is 6.43. The van der Waals surface area contributed by atoms with Crippen LogP contribution >= 0.6 is 11.8 Å². The number of carboxylic acid groups (broad SMARTS) is 1. The third-order valence-electron chi connectivity index (χ3n) is 3.77. The van der Waals surface area contributed by atoms with Crippen LogP contribution in [0, 0.1) is 0 Å². The van der Waals surface area contributed by atoms with Gasteiger partial charge in [0.2, 0.25) is 0 Å². The van der Waals surface area contributed by atoms with Crippen molar-refractivity contribution in [3.05, 3.63) is 0 Å². The van der Waals surface area contributed by atoms with E-state index in [1.807, 2.05) is 11.8 Å². The van der Waals surface area contributed by atoms with Gasteiger partial charge >= 0.3 is 5.97 Å². The average molecular weight is 244 g/mol. The quantitative estimate of drug-likeness (QED) is 0.720. The van der Waals surface area contributed by atoms with E-state index in [9.17, 15) is 4.79 Å². The molecule has 2 fully saturated rings. The maximum atomic E-state index is 11.0. The van der Waals surface area contributed by atoms with Crippen LogP contribution < -0.4 is 5.32 Å². The molecule has 4 nitrogen and oxygen atoms in total. The molecule has 0 bridgehead atoms. The summed E-state index contributed by atoms with van der Waals surface area (Å²) in [5.74, 6) is 0.256. The lowest BCUT2D eigenvalue weighted by molar-refractivity contribution is -0.140. The highest BCUT2D eigenvalue weighted by Crippen LogP contribution is 2.39. The summed E-state index contributed by atoms with van der Waals surface area (Å²) in [7, 11) is 2.14. The van der Waals surface area contributed by atoms with Gasteiger partial charge in [-0.05, 0) is 39.0 Å². The first-order valence-electron chi connectivity index (χ1n) is 5.87. The Balaban J connectivity index is 2.04. The number of likely N-dealkylation sites (tertiary alicyclic amines) is 1. The number of carbonyl (C=O) groups is 1. The Labute approximate surface area is 101 Å². The molecule has 5 heteroatoms. The van der Waals surface area contributed by atoms with Crippen LogP contribution in [0.3, 0.4) is 0 Å². The first kappa shape index (κ1) is 12.2. The van der Waals surface area contributed by atoms with Gasteiger partial charge in [0.15, 0.2) is 0 Å². The number of rotatable bonds is 1. The topological polar surface area (TPSA) is 52.6 Å². The van der Waals surface area contributed by atoms with E-state index in [1.165, 1.54) is 0 Å². The van der Waals surface area contributed by atoms with Crippen LogP contribution in [0.4, 0.5) is 0 Å². The molecule has 2 aliphatic rings. The van der Waals surface area contributed by atoms with Gasteiger partial charge in [0.05, 0.1) is 4.87 Å². The van der Waals surface area contributed by atoms with Crippen molar-refractivity contribution in [3.63, 3.8) is 0 Å². The lowest BCUT2D eigenvalue weighted by Crippen LogP contribution is -2.60. The highest BCUT2D eigenvalue weighted by molar-refractivity contribution is 8.00. The van der Waals surface area contributed by atoms with Crippen molar-refractivity contribution < 1.29 is 9.90 Å². The van der Waals surface area contributed by atoms with Gasteiger partial charge < -0.3 is 10.0 Å². The van der Waals surface area contributed by atoms with Crippen LogP contribution in [0.5, 0.6) is 0 Å². The molecule has 0 radical (unpaired) electrons. The molecule has 0 aromatic rings. The summed E-state index contributed by atoms with van der Waals surface area (Å²) in [5.41, 5.74) is 0. The van der Waals surface area contributed by atoms with Crippen molar-refractivity contribution in [2.24, 2.45) is 0 Å². The Hall–Kier alpha value is -0.260. The minimum atomic E-state index is -0.703. The molecular formula is C11H20N2O2S. The lowest BCUT2D eigenvalue weighted by atomic mass is 9.96. The molecule has 0 aromatic carbocycles. The van der Waals surface area contributed by atoms with E-state index in [1.54, 1.807) is 0 Å². The van der Waals surface area contributed by atoms with Crippen molar-refractivity contribution in [2.45, 2.75) is 43.1 Å². The normalized spacial score (nSPS) is 41.1. The van der Waals surface area contributed by atoms with Gasteiger partial charge in [-0.25, -0.2) is 0 Å². The first-order chi connectivity index (χ1) is 7.52. The second kappa shape index (κ2) is 4.55. The van der Waals surface area contributed by atoms with E-state index >= 15 is 0 Å². The van der Waals surface area contributed by atoms with Crippen molar-refractivity contribution in [1.82, 2.24) is 10.2 Å². The Morgan fingerprint density at radius 1 is 1.62 bits per heavy atom. The van der Waals surface area contributed by atoms with E-state index in [0.29, 0.717) is 6.04 Å². The monoisotopic (exact) mass is 244 g/mol. The third-order valence-corrected chi connectivity index (χ3v) is 5.25. The summed E-state index contributed by atoms with van der Waals surface area (Å²) in [4.78, 5) is 13.4. The van der Waals surface area contributed by atoms with Gasteiger partial charge in [0.25, 0.3) is 0 Å². The summed E-state index contributed by atoms with van der Waals surface area (Å²) in [6.07, 6.45) is 2.83. The van der Waals surface area contributed by atoms with Gasteiger partial charge in [-0.1, -0.05) is 0 Å². The fraction of sp³-hybridized carbons (Fsp3) is 0.909. The zero-order valence-electron chi connectivity index (χ0n) is 9.90. The van der Waals surface area contributed by atoms with E-state index in [4.69, 9.17) is 5.11 Å². The fourth-order valence-corrected chi connectivity index (χ4v) is 4.13. The number of carboxylic acids is 1. The van der Waals surface area contributed by atoms with Crippen molar-refractivity contribution in [2.75, 3.05) is 19.3 Å². The van der Waals surface area contributed by atoms with Crippen molar-refractivity contribution in [3.8, 4) is 0 Å². The molecule has 92 valence electrons. The van der Waals surface area contributed by atoms with Crippen LogP contribution in [0.2, 0.25) is 0 Å². The zero-order valence-corrected chi connectivity index (χ0v) is 10.7. The number of piperidine rings is 1. The molecule has 2 N–H and O–H groups in total. The largest absolute Gasteiger partial charge is 0.480 e. The van der Waals surface area contributed by atoms with Crippen molar-refractivity contribution in [1.29, 1.82) is 0 Å². The smallest absolute Gasteiger partial charge is 0.320 e. The highest BCUT2D eigenvalue weighted by atomic mass is 32.2. The zero-order chi connectivity index (χ0) is 11.8. The van der Waals surface area contributed by atoms with Crippen LogP contribution in [0.1, 0.15) is 26.2 Å². The van der Waals surface area contributed by atoms with Gasteiger partial charge in [0.1, 0.15) is 6.04 Å². The molecule has 2 rings (SSSR count). The van der Waals surface area contributed by atoms with Crippen LogP contribution in [0.25, 0.3) is 0 Å². The molecule has 3 unspecified atom stereocenters. The number of hydrogen-bond donors (Lipinski definition) is 2. The summed E-state index contributed by atoms with van der Waals surface area (Å²) < 4.78 is 0. The summed E-state index contributed by atoms with van der Waals surface area (Å²) in [5, 5.41) is 12.4. The molecule has 3 atom stereocenters. The molecule has 2 heterocycles. The third kappa shape index (κ3) is 2.36. The van der Waals surface area contributed by atoms with E-state index in [0.717, 1.165) is 31.6 Å². The van der Waals surface area contributed by atoms with E-state index in [2.05, 4.69) is 24.2 Å². The second-order valence-electron chi connectivity index (χ2n) is 4.95. The van der Waals surface area contributed by atoms with Gasteiger partial charge in [-0.3, -0.25) is 10.1 Å². The predicted octanol–water partition coefficient (Wildman–Crippen LogP) is 0.977. The predicted molar refractivity (Wildman–Crippen MR) is 65.7 cm³/mol. The Morgan fingerprint density at radius 3 is 3.00 bits per heavy atom. The number of aliphatic carboxylic acids is 1. The number of nitrogens with one attached hydrogen (secondary N) is 1. The molecule has 2 aliphatic heterocycles. The average Bonchev–Trinajstić information content (AvgIpc) is 2.24. The fourth-order valence-electron chi connectivity index (χ4n) is 2.56. The van der Waals surface area contributed by atoms with Crippen LogP contribution in [-0.2, 0) is 4.79 Å². The summed E-state index contributed by atoms with van der Waals surface area (Å²) in [6, 6.07) is 0.179. The Morgan fingerprint density at radius 2 is 2.38 bits per heavy atom. The first-order valence-corrected chi connectivity index (χ1v) is 6.86. The molecule has 2 saturated heterocycles. The molecule has 1 spiro atoms. The molecular weight excluding hydrogens is 224 g/mol. The van der Waals surface area contributed by atoms with Crippen molar-refractivity contribution >= 4 is 17.7 Å². The minimum absolute atomic E-state index is 0.00718.